The molecule has 0 aliphatic carbocycles. The van der Waals surface area contributed by atoms with Crippen molar-refractivity contribution in [2.45, 2.75) is 26.7 Å². The van der Waals surface area contributed by atoms with E-state index in [-0.39, 0.29) is 12.5 Å². The molecule has 5 nitrogen and oxygen atoms in total. The van der Waals surface area contributed by atoms with Crippen molar-refractivity contribution in [2.75, 3.05) is 32.8 Å². The van der Waals surface area contributed by atoms with Crippen LogP contribution in [0.2, 0.25) is 0 Å². The fourth-order valence-electron chi connectivity index (χ4n) is 3.77. The molecule has 0 saturated carbocycles. The zero-order chi connectivity index (χ0) is 19.2. The lowest BCUT2D eigenvalue weighted by atomic mass is 9.99. The predicted octanol–water partition coefficient (Wildman–Crippen LogP) is 2.80. The summed E-state index contributed by atoms with van der Waals surface area (Å²) in [5, 5.41) is 12.4. The minimum atomic E-state index is -0.0462. The highest BCUT2D eigenvalue weighted by Crippen LogP contribution is 2.22. The molecule has 3 rings (SSSR count). The van der Waals surface area contributed by atoms with Gasteiger partial charge in [-0.25, -0.2) is 0 Å². The van der Waals surface area contributed by atoms with Crippen LogP contribution in [-0.4, -0.2) is 53.7 Å². The lowest BCUT2D eigenvalue weighted by molar-refractivity contribution is 0.0930. The molecule has 1 aliphatic rings. The van der Waals surface area contributed by atoms with Crippen molar-refractivity contribution >= 4 is 5.91 Å². The minimum Gasteiger partial charge on any atom is -0.396 e. The van der Waals surface area contributed by atoms with Crippen molar-refractivity contribution < 1.29 is 9.90 Å². The van der Waals surface area contributed by atoms with E-state index in [4.69, 9.17) is 0 Å². The standard InChI is InChI=1S/C22H29N3O2/c1-16-11-21(12-17(2)24-16)19-6-3-7-20(13-19)22(27)23-8-10-25-9-4-5-18(14-25)15-26/h3,6-7,11-13,18,26H,4-5,8-10,14-15H2,1-2H3,(H,23,27)/t18-/m1/s1. The number of aliphatic hydroxyl groups excluding tert-OH is 1. The van der Waals surface area contributed by atoms with E-state index < -0.39 is 0 Å². The smallest absolute Gasteiger partial charge is 0.251 e. The molecule has 2 aromatic rings. The molecular weight excluding hydrogens is 338 g/mol. The van der Waals surface area contributed by atoms with Crippen LogP contribution in [0.1, 0.15) is 34.6 Å². The number of nitrogens with one attached hydrogen (secondary N) is 1. The average molecular weight is 367 g/mol. The van der Waals surface area contributed by atoms with Crippen LogP contribution >= 0.6 is 0 Å². The number of aliphatic hydroxyl groups is 1. The molecule has 144 valence electrons. The van der Waals surface area contributed by atoms with Gasteiger partial charge in [-0.3, -0.25) is 9.78 Å². The number of hydrogen-bond acceptors (Lipinski definition) is 4. The van der Waals surface area contributed by atoms with E-state index in [9.17, 15) is 9.90 Å². The Morgan fingerprint density at radius 3 is 2.74 bits per heavy atom. The number of amides is 1. The SMILES string of the molecule is Cc1cc(-c2cccc(C(=O)NCCN3CCC[C@@H](CO)C3)c2)cc(C)n1. The van der Waals surface area contributed by atoms with Gasteiger partial charge >= 0.3 is 0 Å². The minimum absolute atomic E-state index is 0.0462. The Labute approximate surface area is 161 Å². The number of carbonyl (C=O) groups excluding carboxylic acids is 1. The van der Waals surface area contributed by atoms with Gasteiger partial charge in [-0.2, -0.15) is 0 Å². The monoisotopic (exact) mass is 367 g/mol. The van der Waals surface area contributed by atoms with Crippen LogP contribution in [0.5, 0.6) is 0 Å². The molecule has 0 spiro atoms. The maximum atomic E-state index is 12.5. The first kappa shape index (κ1) is 19.5. The van der Waals surface area contributed by atoms with Gasteiger partial charge < -0.3 is 15.3 Å². The highest BCUT2D eigenvalue weighted by Gasteiger charge is 2.18. The van der Waals surface area contributed by atoms with Crippen molar-refractivity contribution in [3.8, 4) is 11.1 Å². The molecule has 27 heavy (non-hydrogen) atoms. The molecule has 1 saturated heterocycles. The molecule has 5 heteroatoms. The average Bonchev–Trinajstić information content (AvgIpc) is 2.67. The fraction of sp³-hybridized carbons (Fsp3) is 0.455. The van der Waals surface area contributed by atoms with Crippen molar-refractivity contribution in [2.24, 2.45) is 5.92 Å². The second kappa shape index (κ2) is 9.11. The topological polar surface area (TPSA) is 65.5 Å². The second-order valence-electron chi connectivity index (χ2n) is 7.47. The highest BCUT2D eigenvalue weighted by molar-refractivity contribution is 5.95. The molecule has 0 unspecified atom stereocenters. The Morgan fingerprint density at radius 2 is 2.00 bits per heavy atom. The Bertz CT molecular complexity index is 771. The number of piperidine rings is 1. The largest absolute Gasteiger partial charge is 0.396 e. The summed E-state index contributed by atoms with van der Waals surface area (Å²) < 4.78 is 0. The van der Waals surface area contributed by atoms with E-state index in [1.165, 1.54) is 0 Å². The summed E-state index contributed by atoms with van der Waals surface area (Å²) in [5.74, 6) is 0.327. The molecule has 1 fully saturated rings. The number of pyridine rings is 1. The van der Waals surface area contributed by atoms with Gasteiger partial charge in [0.1, 0.15) is 0 Å². The van der Waals surface area contributed by atoms with Crippen molar-refractivity contribution in [3.63, 3.8) is 0 Å². The molecule has 1 atom stereocenters. The zero-order valence-corrected chi connectivity index (χ0v) is 16.2. The normalized spacial score (nSPS) is 17.7. The lowest BCUT2D eigenvalue weighted by Gasteiger charge is -2.31. The quantitative estimate of drug-likeness (QED) is 0.824. The number of likely N-dealkylation sites (tertiary alicyclic amines) is 1. The molecule has 1 amide bonds. The summed E-state index contributed by atoms with van der Waals surface area (Å²) in [6.45, 7) is 7.62. The summed E-state index contributed by atoms with van der Waals surface area (Å²) in [4.78, 5) is 19.3. The van der Waals surface area contributed by atoms with Gasteiger partial charge in [0.05, 0.1) is 0 Å². The third kappa shape index (κ3) is 5.37. The Balaban J connectivity index is 1.59. The molecule has 2 N–H and O–H groups in total. The molecule has 0 bridgehead atoms. The van der Waals surface area contributed by atoms with E-state index in [1.807, 2.05) is 50.2 Å². The number of aromatic nitrogens is 1. The van der Waals surface area contributed by atoms with Gasteiger partial charge in [0.2, 0.25) is 0 Å². The number of nitrogens with zero attached hydrogens (tertiary/aromatic N) is 2. The van der Waals surface area contributed by atoms with Crippen molar-refractivity contribution in [1.29, 1.82) is 0 Å². The highest BCUT2D eigenvalue weighted by atomic mass is 16.3. The van der Waals surface area contributed by atoms with Crippen LogP contribution in [0.3, 0.4) is 0 Å². The number of hydrogen-bond donors (Lipinski definition) is 2. The first-order chi connectivity index (χ1) is 13.0. The van der Waals surface area contributed by atoms with Crippen LogP contribution in [0.4, 0.5) is 0 Å². The summed E-state index contributed by atoms with van der Waals surface area (Å²) in [7, 11) is 0. The number of benzene rings is 1. The maximum Gasteiger partial charge on any atom is 0.251 e. The van der Waals surface area contributed by atoms with Gasteiger partial charge in [0, 0.05) is 43.2 Å². The second-order valence-corrected chi connectivity index (χ2v) is 7.47. The first-order valence-corrected chi connectivity index (χ1v) is 9.72. The van der Waals surface area contributed by atoms with E-state index in [2.05, 4.69) is 15.2 Å². The Morgan fingerprint density at radius 1 is 1.22 bits per heavy atom. The summed E-state index contributed by atoms with van der Waals surface area (Å²) >= 11 is 0. The fourth-order valence-corrected chi connectivity index (χ4v) is 3.77. The first-order valence-electron chi connectivity index (χ1n) is 9.72. The number of rotatable bonds is 6. The van der Waals surface area contributed by atoms with Gasteiger partial charge in [0.25, 0.3) is 5.91 Å². The Hall–Kier alpha value is -2.24. The van der Waals surface area contributed by atoms with Crippen molar-refractivity contribution in [3.05, 3.63) is 53.3 Å². The van der Waals surface area contributed by atoms with E-state index in [0.29, 0.717) is 18.0 Å². The third-order valence-electron chi connectivity index (χ3n) is 5.11. The summed E-state index contributed by atoms with van der Waals surface area (Å²) in [6, 6.07) is 11.8. The summed E-state index contributed by atoms with van der Waals surface area (Å²) in [5.41, 5.74) is 4.73. The van der Waals surface area contributed by atoms with Crippen LogP contribution in [0, 0.1) is 19.8 Å². The van der Waals surface area contributed by atoms with Crippen molar-refractivity contribution in [1.82, 2.24) is 15.2 Å². The van der Waals surface area contributed by atoms with Gasteiger partial charge in [0.15, 0.2) is 0 Å². The molecule has 2 heterocycles. The van der Waals surface area contributed by atoms with Crippen LogP contribution in [0.15, 0.2) is 36.4 Å². The lowest BCUT2D eigenvalue weighted by Crippen LogP contribution is -2.41. The predicted molar refractivity (Wildman–Crippen MR) is 108 cm³/mol. The molecule has 1 aromatic heterocycles. The summed E-state index contributed by atoms with van der Waals surface area (Å²) in [6.07, 6.45) is 2.21. The van der Waals surface area contributed by atoms with Crippen LogP contribution in [0.25, 0.3) is 11.1 Å². The number of carbonyl (C=O) groups is 1. The molecule has 1 aliphatic heterocycles. The molecule has 0 radical (unpaired) electrons. The third-order valence-corrected chi connectivity index (χ3v) is 5.11. The maximum absolute atomic E-state index is 12.5. The number of aryl methyl sites for hydroxylation is 2. The van der Waals surface area contributed by atoms with Gasteiger partial charge in [-0.15, -0.1) is 0 Å². The molecular formula is C22H29N3O2. The Kier molecular flexibility index (Phi) is 6.58. The zero-order valence-electron chi connectivity index (χ0n) is 16.2. The van der Waals surface area contributed by atoms with Crippen LogP contribution in [-0.2, 0) is 0 Å². The van der Waals surface area contributed by atoms with Gasteiger partial charge in [-0.1, -0.05) is 12.1 Å². The molecule has 1 aromatic carbocycles. The van der Waals surface area contributed by atoms with E-state index in [1.54, 1.807) is 0 Å². The van der Waals surface area contributed by atoms with Gasteiger partial charge in [-0.05, 0) is 74.5 Å². The van der Waals surface area contributed by atoms with E-state index >= 15 is 0 Å². The van der Waals surface area contributed by atoms with Crippen LogP contribution < -0.4 is 5.32 Å². The van der Waals surface area contributed by atoms with E-state index in [0.717, 1.165) is 55.0 Å².